The van der Waals surface area contributed by atoms with E-state index in [1.54, 1.807) is 0 Å². The van der Waals surface area contributed by atoms with E-state index < -0.39 is 0 Å². The monoisotopic (exact) mass is 288 g/mol. The first-order chi connectivity index (χ1) is 10.2. The highest BCUT2D eigenvalue weighted by Gasteiger charge is 2.37. The van der Waals surface area contributed by atoms with Gasteiger partial charge in [0.1, 0.15) is 0 Å². The van der Waals surface area contributed by atoms with Crippen LogP contribution >= 0.6 is 0 Å². The third kappa shape index (κ3) is 2.88. The Morgan fingerprint density at radius 3 is 2.33 bits per heavy atom. The van der Waals surface area contributed by atoms with Gasteiger partial charge < -0.3 is 9.80 Å². The van der Waals surface area contributed by atoms with E-state index in [4.69, 9.17) is 0 Å². The van der Waals surface area contributed by atoms with Crippen molar-refractivity contribution < 1.29 is 4.79 Å². The number of aromatic nitrogens is 1. The highest BCUT2D eigenvalue weighted by molar-refractivity contribution is 5.84. The van der Waals surface area contributed by atoms with E-state index in [0.29, 0.717) is 11.9 Å². The highest BCUT2D eigenvalue weighted by Crippen LogP contribution is 2.22. The number of piperazine rings is 1. The van der Waals surface area contributed by atoms with Gasteiger partial charge in [0.05, 0.1) is 6.04 Å². The fourth-order valence-electron chi connectivity index (χ4n) is 3.38. The van der Waals surface area contributed by atoms with E-state index in [2.05, 4.69) is 40.8 Å². The standard InChI is InChI=1S/C16H24N4O/c1-13(2)20-8-5-15(16(20)21)19-11-9-18(10-12-19)14-3-6-17-7-4-14/h3-4,6-7,13,15H,5,8-12H2,1-2H3. The normalized spacial score (nSPS) is 24.1. The van der Waals surface area contributed by atoms with Crippen molar-refractivity contribution in [3.63, 3.8) is 0 Å². The van der Waals surface area contributed by atoms with Crippen LogP contribution in [0.3, 0.4) is 0 Å². The molecule has 2 saturated heterocycles. The van der Waals surface area contributed by atoms with E-state index in [-0.39, 0.29) is 6.04 Å². The molecule has 5 heteroatoms. The minimum absolute atomic E-state index is 0.104. The first-order valence-electron chi connectivity index (χ1n) is 7.86. The molecule has 1 aromatic rings. The fraction of sp³-hybridized carbons (Fsp3) is 0.625. The maximum absolute atomic E-state index is 12.5. The van der Waals surface area contributed by atoms with Crippen molar-refractivity contribution in [2.45, 2.75) is 32.4 Å². The largest absolute Gasteiger partial charge is 0.369 e. The molecular formula is C16H24N4O. The van der Waals surface area contributed by atoms with Crippen LogP contribution in [0.1, 0.15) is 20.3 Å². The third-order valence-corrected chi connectivity index (χ3v) is 4.62. The molecular weight excluding hydrogens is 264 g/mol. The SMILES string of the molecule is CC(C)N1CCC(N2CCN(c3ccncc3)CC2)C1=O. The summed E-state index contributed by atoms with van der Waals surface area (Å²) in [6.45, 7) is 9.00. The molecule has 0 saturated carbocycles. The van der Waals surface area contributed by atoms with E-state index in [0.717, 1.165) is 39.1 Å². The zero-order chi connectivity index (χ0) is 14.8. The van der Waals surface area contributed by atoms with Crippen molar-refractivity contribution in [1.29, 1.82) is 0 Å². The predicted octanol–water partition coefficient (Wildman–Crippen LogP) is 1.21. The molecule has 0 bridgehead atoms. The number of rotatable bonds is 3. The van der Waals surface area contributed by atoms with Gasteiger partial charge in [0.15, 0.2) is 0 Å². The van der Waals surface area contributed by atoms with Gasteiger partial charge in [-0.3, -0.25) is 14.7 Å². The van der Waals surface area contributed by atoms with Gasteiger partial charge in [-0.1, -0.05) is 0 Å². The van der Waals surface area contributed by atoms with E-state index in [1.807, 2.05) is 17.3 Å². The van der Waals surface area contributed by atoms with Crippen LogP contribution in [0.15, 0.2) is 24.5 Å². The average molecular weight is 288 g/mol. The molecule has 2 aliphatic rings. The number of likely N-dealkylation sites (tertiary alicyclic amines) is 1. The summed E-state index contributed by atoms with van der Waals surface area (Å²) in [5, 5.41) is 0. The molecule has 1 amide bonds. The number of pyridine rings is 1. The minimum Gasteiger partial charge on any atom is -0.369 e. The Hall–Kier alpha value is -1.62. The van der Waals surface area contributed by atoms with Crippen LogP contribution in [0, 0.1) is 0 Å². The molecule has 3 heterocycles. The lowest BCUT2D eigenvalue weighted by molar-refractivity contribution is -0.133. The second-order valence-corrected chi connectivity index (χ2v) is 6.16. The maximum atomic E-state index is 12.5. The van der Waals surface area contributed by atoms with Gasteiger partial charge >= 0.3 is 0 Å². The summed E-state index contributed by atoms with van der Waals surface area (Å²) in [7, 11) is 0. The summed E-state index contributed by atoms with van der Waals surface area (Å²) in [6.07, 6.45) is 4.65. The lowest BCUT2D eigenvalue weighted by Gasteiger charge is -2.38. The van der Waals surface area contributed by atoms with E-state index >= 15 is 0 Å². The Morgan fingerprint density at radius 1 is 1.10 bits per heavy atom. The Bertz CT molecular complexity index is 482. The fourth-order valence-corrected chi connectivity index (χ4v) is 3.38. The number of carbonyl (C=O) groups excluding carboxylic acids is 1. The minimum atomic E-state index is 0.104. The van der Waals surface area contributed by atoms with Crippen molar-refractivity contribution in [3.05, 3.63) is 24.5 Å². The second-order valence-electron chi connectivity index (χ2n) is 6.16. The topological polar surface area (TPSA) is 39.7 Å². The number of nitrogens with zero attached hydrogens (tertiary/aromatic N) is 4. The molecule has 3 rings (SSSR count). The number of carbonyl (C=O) groups is 1. The average Bonchev–Trinajstić information content (AvgIpc) is 2.90. The Kier molecular flexibility index (Phi) is 4.10. The van der Waals surface area contributed by atoms with E-state index in [9.17, 15) is 4.79 Å². The summed E-state index contributed by atoms with van der Waals surface area (Å²) in [4.78, 5) is 23.3. The number of hydrogen-bond donors (Lipinski definition) is 0. The zero-order valence-corrected chi connectivity index (χ0v) is 12.9. The lowest BCUT2D eigenvalue weighted by atomic mass is 10.1. The molecule has 1 aromatic heterocycles. The molecule has 0 radical (unpaired) electrons. The molecule has 21 heavy (non-hydrogen) atoms. The molecule has 1 unspecified atom stereocenters. The van der Waals surface area contributed by atoms with Gasteiger partial charge in [0.25, 0.3) is 0 Å². The third-order valence-electron chi connectivity index (χ3n) is 4.62. The van der Waals surface area contributed by atoms with Crippen LogP contribution in [0.4, 0.5) is 5.69 Å². The molecule has 0 aliphatic carbocycles. The van der Waals surface area contributed by atoms with Gasteiger partial charge in [-0.2, -0.15) is 0 Å². The van der Waals surface area contributed by atoms with Crippen molar-refractivity contribution in [3.8, 4) is 0 Å². The van der Waals surface area contributed by atoms with Gasteiger partial charge in [0.2, 0.25) is 5.91 Å². The summed E-state index contributed by atoms with van der Waals surface area (Å²) in [6, 6.07) is 4.53. The lowest BCUT2D eigenvalue weighted by Crippen LogP contribution is -2.53. The Balaban J connectivity index is 1.58. The molecule has 5 nitrogen and oxygen atoms in total. The maximum Gasteiger partial charge on any atom is 0.240 e. The number of hydrogen-bond acceptors (Lipinski definition) is 4. The van der Waals surface area contributed by atoms with Crippen molar-refractivity contribution in [1.82, 2.24) is 14.8 Å². The van der Waals surface area contributed by atoms with Gasteiger partial charge in [-0.25, -0.2) is 0 Å². The Morgan fingerprint density at radius 2 is 1.76 bits per heavy atom. The van der Waals surface area contributed by atoms with Gasteiger partial charge in [0, 0.05) is 56.8 Å². The second kappa shape index (κ2) is 6.02. The number of amides is 1. The molecule has 2 aliphatic heterocycles. The van der Waals surface area contributed by atoms with Crippen LogP contribution in [-0.2, 0) is 4.79 Å². The van der Waals surface area contributed by atoms with Crippen molar-refractivity contribution in [2.75, 3.05) is 37.6 Å². The zero-order valence-electron chi connectivity index (χ0n) is 12.9. The predicted molar refractivity (Wildman–Crippen MR) is 83.3 cm³/mol. The summed E-state index contributed by atoms with van der Waals surface area (Å²) < 4.78 is 0. The first-order valence-corrected chi connectivity index (χ1v) is 7.86. The molecule has 0 N–H and O–H groups in total. The quantitative estimate of drug-likeness (QED) is 0.838. The van der Waals surface area contributed by atoms with Crippen molar-refractivity contribution >= 4 is 11.6 Å². The summed E-state index contributed by atoms with van der Waals surface area (Å²) >= 11 is 0. The summed E-state index contributed by atoms with van der Waals surface area (Å²) in [5.74, 6) is 0.322. The molecule has 2 fully saturated rings. The molecule has 114 valence electrons. The molecule has 0 aromatic carbocycles. The smallest absolute Gasteiger partial charge is 0.240 e. The van der Waals surface area contributed by atoms with Crippen LogP contribution in [-0.4, -0.2) is 65.5 Å². The van der Waals surface area contributed by atoms with Gasteiger partial charge in [-0.05, 0) is 32.4 Å². The summed E-state index contributed by atoms with van der Waals surface area (Å²) in [5.41, 5.74) is 1.23. The van der Waals surface area contributed by atoms with Crippen LogP contribution in [0.2, 0.25) is 0 Å². The van der Waals surface area contributed by atoms with Crippen LogP contribution in [0.25, 0.3) is 0 Å². The van der Waals surface area contributed by atoms with Crippen LogP contribution < -0.4 is 4.90 Å². The Labute approximate surface area is 126 Å². The van der Waals surface area contributed by atoms with E-state index in [1.165, 1.54) is 5.69 Å². The molecule has 0 spiro atoms. The van der Waals surface area contributed by atoms with Gasteiger partial charge in [-0.15, -0.1) is 0 Å². The van der Waals surface area contributed by atoms with Crippen LogP contribution in [0.5, 0.6) is 0 Å². The highest BCUT2D eigenvalue weighted by atomic mass is 16.2. The molecule has 1 atom stereocenters. The van der Waals surface area contributed by atoms with Crippen molar-refractivity contribution in [2.24, 2.45) is 0 Å². The number of anilines is 1. The first kappa shape index (κ1) is 14.3.